The zero-order valence-corrected chi connectivity index (χ0v) is 10.6. The van der Waals surface area contributed by atoms with E-state index in [2.05, 4.69) is 34.7 Å². The lowest BCUT2D eigenvalue weighted by Crippen LogP contribution is -2.50. The molecule has 0 spiro atoms. The molecule has 0 aromatic rings. The van der Waals surface area contributed by atoms with Crippen molar-refractivity contribution in [3.8, 4) is 0 Å². The fraction of sp³-hybridized carbons (Fsp3) is 0.900. The van der Waals surface area contributed by atoms with Crippen molar-refractivity contribution >= 4 is 21.8 Å². The standard InChI is InChI=1S/C10H19BrN2O/c1-9(2)12-5-7-13(8-6-12)10(14)3-4-11/h9H,3-8H2,1-2H3. The average Bonchev–Trinajstić information content (AvgIpc) is 2.18. The van der Waals surface area contributed by atoms with Crippen LogP contribution in [0.5, 0.6) is 0 Å². The van der Waals surface area contributed by atoms with E-state index < -0.39 is 0 Å². The second-order valence-electron chi connectivity index (χ2n) is 3.95. The second-order valence-corrected chi connectivity index (χ2v) is 4.74. The molecule has 1 aliphatic heterocycles. The van der Waals surface area contributed by atoms with Gasteiger partial charge in [-0.1, -0.05) is 15.9 Å². The molecular formula is C10H19BrN2O. The summed E-state index contributed by atoms with van der Waals surface area (Å²) in [5.41, 5.74) is 0. The van der Waals surface area contributed by atoms with Crippen molar-refractivity contribution < 1.29 is 4.79 Å². The molecule has 1 rings (SSSR count). The molecule has 1 fully saturated rings. The molecule has 0 radical (unpaired) electrons. The molecule has 0 saturated carbocycles. The van der Waals surface area contributed by atoms with Crippen molar-refractivity contribution in [1.82, 2.24) is 9.80 Å². The zero-order valence-electron chi connectivity index (χ0n) is 9.00. The van der Waals surface area contributed by atoms with Crippen LogP contribution in [0.2, 0.25) is 0 Å². The zero-order chi connectivity index (χ0) is 10.6. The van der Waals surface area contributed by atoms with Gasteiger partial charge in [0.1, 0.15) is 0 Å². The number of piperazine rings is 1. The van der Waals surface area contributed by atoms with Crippen molar-refractivity contribution in [2.75, 3.05) is 31.5 Å². The fourth-order valence-corrected chi connectivity index (χ4v) is 2.07. The number of hydrogen-bond acceptors (Lipinski definition) is 2. The van der Waals surface area contributed by atoms with Crippen molar-refractivity contribution in [3.63, 3.8) is 0 Å². The maximum Gasteiger partial charge on any atom is 0.223 e. The summed E-state index contributed by atoms with van der Waals surface area (Å²) < 4.78 is 0. The van der Waals surface area contributed by atoms with E-state index in [0.29, 0.717) is 12.5 Å². The van der Waals surface area contributed by atoms with Gasteiger partial charge in [-0.15, -0.1) is 0 Å². The molecular weight excluding hydrogens is 244 g/mol. The Balaban J connectivity index is 2.31. The molecule has 0 N–H and O–H groups in total. The van der Waals surface area contributed by atoms with Crippen molar-refractivity contribution in [2.24, 2.45) is 0 Å². The molecule has 14 heavy (non-hydrogen) atoms. The van der Waals surface area contributed by atoms with E-state index in [9.17, 15) is 4.79 Å². The Labute approximate surface area is 94.6 Å². The van der Waals surface area contributed by atoms with Gasteiger partial charge >= 0.3 is 0 Å². The van der Waals surface area contributed by atoms with Crippen LogP contribution < -0.4 is 0 Å². The van der Waals surface area contributed by atoms with Crippen LogP contribution in [-0.4, -0.2) is 53.3 Å². The average molecular weight is 263 g/mol. The van der Waals surface area contributed by atoms with Crippen molar-refractivity contribution in [3.05, 3.63) is 0 Å². The van der Waals surface area contributed by atoms with Crippen LogP contribution in [0, 0.1) is 0 Å². The molecule has 0 bridgehead atoms. The number of rotatable bonds is 3. The van der Waals surface area contributed by atoms with Crippen LogP contribution in [0.4, 0.5) is 0 Å². The van der Waals surface area contributed by atoms with Crippen LogP contribution in [0.3, 0.4) is 0 Å². The number of hydrogen-bond donors (Lipinski definition) is 0. The van der Waals surface area contributed by atoms with Crippen molar-refractivity contribution in [1.29, 1.82) is 0 Å². The third kappa shape index (κ3) is 3.24. The third-order valence-corrected chi connectivity index (χ3v) is 3.10. The summed E-state index contributed by atoms with van der Waals surface area (Å²) in [6, 6.07) is 0.600. The first-order valence-corrected chi connectivity index (χ1v) is 6.35. The van der Waals surface area contributed by atoms with Crippen molar-refractivity contribution in [2.45, 2.75) is 26.3 Å². The van der Waals surface area contributed by atoms with Crippen LogP contribution in [-0.2, 0) is 4.79 Å². The lowest BCUT2D eigenvalue weighted by atomic mass is 10.2. The highest BCUT2D eigenvalue weighted by Crippen LogP contribution is 2.07. The van der Waals surface area contributed by atoms with Gasteiger partial charge in [-0.25, -0.2) is 0 Å². The summed E-state index contributed by atoms with van der Waals surface area (Å²) in [7, 11) is 0. The van der Waals surface area contributed by atoms with Gasteiger partial charge in [0.2, 0.25) is 5.91 Å². The fourth-order valence-electron chi connectivity index (χ4n) is 1.73. The van der Waals surface area contributed by atoms with E-state index in [0.717, 1.165) is 31.5 Å². The summed E-state index contributed by atoms with van der Waals surface area (Å²) >= 11 is 3.29. The van der Waals surface area contributed by atoms with Gasteiger partial charge in [0.25, 0.3) is 0 Å². The van der Waals surface area contributed by atoms with Gasteiger partial charge in [-0.2, -0.15) is 0 Å². The third-order valence-electron chi connectivity index (χ3n) is 2.71. The molecule has 0 aliphatic carbocycles. The first-order valence-electron chi connectivity index (χ1n) is 5.23. The minimum absolute atomic E-state index is 0.283. The normalized spacial score (nSPS) is 19.0. The minimum Gasteiger partial charge on any atom is -0.340 e. The molecule has 4 heteroatoms. The Hall–Kier alpha value is -0.0900. The molecule has 0 aromatic heterocycles. The highest BCUT2D eigenvalue weighted by molar-refractivity contribution is 9.09. The predicted molar refractivity (Wildman–Crippen MR) is 61.7 cm³/mol. The highest BCUT2D eigenvalue weighted by Gasteiger charge is 2.21. The molecule has 0 aromatic carbocycles. The molecule has 1 heterocycles. The highest BCUT2D eigenvalue weighted by atomic mass is 79.9. The Morgan fingerprint density at radius 3 is 2.29 bits per heavy atom. The van der Waals surface area contributed by atoms with E-state index in [1.54, 1.807) is 0 Å². The van der Waals surface area contributed by atoms with E-state index in [4.69, 9.17) is 0 Å². The first-order chi connectivity index (χ1) is 6.65. The number of nitrogens with zero attached hydrogens (tertiary/aromatic N) is 2. The number of carbonyl (C=O) groups is 1. The smallest absolute Gasteiger partial charge is 0.223 e. The lowest BCUT2D eigenvalue weighted by molar-refractivity contribution is -0.132. The molecule has 3 nitrogen and oxygen atoms in total. The minimum atomic E-state index is 0.283. The number of carbonyl (C=O) groups excluding carboxylic acids is 1. The maximum absolute atomic E-state index is 11.6. The van der Waals surface area contributed by atoms with E-state index >= 15 is 0 Å². The Morgan fingerprint density at radius 1 is 1.29 bits per heavy atom. The number of alkyl halides is 1. The Morgan fingerprint density at radius 2 is 1.86 bits per heavy atom. The molecule has 1 saturated heterocycles. The summed E-state index contributed by atoms with van der Waals surface area (Å²) in [5.74, 6) is 0.283. The largest absolute Gasteiger partial charge is 0.340 e. The Kier molecular flexibility index (Phi) is 4.89. The number of halogens is 1. The monoisotopic (exact) mass is 262 g/mol. The molecule has 82 valence electrons. The van der Waals surface area contributed by atoms with E-state index in [1.807, 2.05) is 4.90 Å². The van der Waals surface area contributed by atoms with Gasteiger partial charge in [0.05, 0.1) is 0 Å². The second kappa shape index (κ2) is 5.71. The SMILES string of the molecule is CC(C)N1CCN(C(=O)CCBr)CC1. The van der Waals surface area contributed by atoms with Gasteiger partial charge < -0.3 is 4.90 Å². The quantitative estimate of drug-likeness (QED) is 0.717. The summed E-state index contributed by atoms with van der Waals surface area (Å²) in [6.07, 6.45) is 0.627. The van der Waals surface area contributed by atoms with Gasteiger partial charge in [-0.05, 0) is 13.8 Å². The number of amides is 1. The summed E-state index contributed by atoms with van der Waals surface area (Å²) in [6.45, 7) is 8.23. The molecule has 0 unspecified atom stereocenters. The van der Waals surface area contributed by atoms with Crippen LogP contribution in [0.15, 0.2) is 0 Å². The summed E-state index contributed by atoms with van der Waals surface area (Å²) in [5, 5.41) is 0.774. The summed E-state index contributed by atoms with van der Waals surface area (Å²) in [4.78, 5) is 15.9. The maximum atomic E-state index is 11.6. The van der Waals surface area contributed by atoms with Crippen LogP contribution in [0.1, 0.15) is 20.3 Å². The topological polar surface area (TPSA) is 23.6 Å². The van der Waals surface area contributed by atoms with Crippen LogP contribution >= 0.6 is 15.9 Å². The predicted octanol–water partition coefficient (Wildman–Crippen LogP) is 1.32. The first kappa shape index (κ1) is 12.0. The lowest BCUT2D eigenvalue weighted by Gasteiger charge is -2.36. The van der Waals surface area contributed by atoms with Gasteiger partial charge in [0.15, 0.2) is 0 Å². The molecule has 0 atom stereocenters. The van der Waals surface area contributed by atoms with E-state index in [-0.39, 0.29) is 5.91 Å². The van der Waals surface area contributed by atoms with Crippen LogP contribution in [0.25, 0.3) is 0 Å². The molecule has 1 aliphatic rings. The Bertz CT molecular complexity index is 189. The van der Waals surface area contributed by atoms with Gasteiger partial charge in [-0.3, -0.25) is 9.69 Å². The molecule has 1 amide bonds. The van der Waals surface area contributed by atoms with Gasteiger partial charge in [0, 0.05) is 44.0 Å². The van der Waals surface area contributed by atoms with E-state index in [1.165, 1.54) is 0 Å².